The number of carbonyl (C=O) groups excluding carboxylic acids is 1. The van der Waals surface area contributed by atoms with E-state index in [0.717, 1.165) is 45.6 Å². The van der Waals surface area contributed by atoms with E-state index >= 15 is 0 Å². The van der Waals surface area contributed by atoms with Crippen LogP contribution in [-0.4, -0.2) is 60.5 Å². The van der Waals surface area contributed by atoms with Gasteiger partial charge in [-0.15, -0.1) is 0 Å². The van der Waals surface area contributed by atoms with Crippen LogP contribution >= 0.6 is 0 Å². The van der Waals surface area contributed by atoms with Crippen LogP contribution in [0.2, 0.25) is 0 Å². The number of benzene rings is 1. The topological polar surface area (TPSA) is 35.6 Å². The SMILES string of the molecule is C[C@H](C(=O)NC1CCCC1)N1CCN(C/C=C/c2ccccc2)CC1. The number of piperazine rings is 1. The number of hydrogen-bond acceptors (Lipinski definition) is 3. The minimum absolute atomic E-state index is 0.0115. The Balaban J connectivity index is 1.39. The first-order valence-electron chi connectivity index (χ1n) is 9.71. The molecule has 1 aliphatic heterocycles. The molecule has 1 atom stereocenters. The molecule has 1 aliphatic carbocycles. The molecular formula is C21H31N3O. The minimum atomic E-state index is -0.0115. The number of nitrogens with zero attached hydrogens (tertiary/aromatic N) is 2. The van der Waals surface area contributed by atoms with Crippen LogP contribution in [0.1, 0.15) is 38.2 Å². The van der Waals surface area contributed by atoms with E-state index in [4.69, 9.17) is 0 Å². The molecule has 0 radical (unpaired) electrons. The Morgan fingerprint density at radius 1 is 1.16 bits per heavy atom. The Labute approximate surface area is 151 Å². The first-order valence-corrected chi connectivity index (χ1v) is 9.71. The van der Waals surface area contributed by atoms with Gasteiger partial charge in [0.15, 0.2) is 0 Å². The lowest BCUT2D eigenvalue weighted by Gasteiger charge is -2.37. The van der Waals surface area contributed by atoms with Gasteiger partial charge >= 0.3 is 0 Å². The highest BCUT2D eigenvalue weighted by atomic mass is 16.2. The van der Waals surface area contributed by atoms with Crippen molar-refractivity contribution in [1.82, 2.24) is 15.1 Å². The van der Waals surface area contributed by atoms with Gasteiger partial charge in [-0.05, 0) is 25.3 Å². The third kappa shape index (κ3) is 5.41. The predicted molar refractivity (Wildman–Crippen MR) is 103 cm³/mol. The lowest BCUT2D eigenvalue weighted by Crippen LogP contribution is -2.54. The van der Waals surface area contributed by atoms with Gasteiger partial charge in [0.25, 0.3) is 0 Å². The average Bonchev–Trinajstić information content (AvgIpc) is 3.15. The Morgan fingerprint density at radius 3 is 2.52 bits per heavy atom. The van der Waals surface area contributed by atoms with Gasteiger partial charge in [-0.2, -0.15) is 0 Å². The van der Waals surface area contributed by atoms with Crippen molar-refractivity contribution in [1.29, 1.82) is 0 Å². The summed E-state index contributed by atoms with van der Waals surface area (Å²) in [7, 11) is 0. The molecule has 0 spiro atoms. The summed E-state index contributed by atoms with van der Waals surface area (Å²) in [5, 5.41) is 3.23. The van der Waals surface area contributed by atoms with Gasteiger partial charge in [0.2, 0.25) is 5.91 Å². The van der Waals surface area contributed by atoms with Crippen molar-refractivity contribution < 1.29 is 4.79 Å². The van der Waals surface area contributed by atoms with Crippen LogP contribution in [0.5, 0.6) is 0 Å². The second kappa shape index (κ2) is 9.16. The molecule has 1 aromatic rings. The van der Waals surface area contributed by atoms with Crippen LogP contribution in [-0.2, 0) is 4.79 Å². The molecule has 1 heterocycles. The summed E-state index contributed by atoms with van der Waals surface area (Å²) in [5.74, 6) is 0.212. The lowest BCUT2D eigenvalue weighted by atomic mass is 10.1. The highest BCUT2D eigenvalue weighted by Gasteiger charge is 2.27. The summed E-state index contributed by atoms with van der Waals surface area (Å²) in [4.78, 5) is 17.2. The zero-order chi connectivity index (χ0) is 17.5. The van der Waals surface area contributed by atoms with Crippen molar-refractivity contribution in [3.05, 3.63) is 42.0 Å². The highest BCUT2D eigenvalue weighted by Crippen LogP contribution is 2.18. The minimum Gasteiger partial charge on any atom is -0.352 e. The molecule has 136 valence electrons. The third-order valence-electron chi connectivity index (χ3n) is 5.51. The second-order valence-corrected chi connectivity index (χ2v) is 7.32. The van der Waals surface area contributed by atoms with Gasteiger partial charge in [-0.25, -0.2) is 0 Å². The monoisotopic (exact) mass is 341 g/mol. The number of rotatable bonds is 6. The van der Waals surface area contributed by atoms with Crippen molar-refractivity contribution in [2.45, 2.75) is 44.7 Å². The van der Waals surface area contributed by atoms with Crippen LogP contribution in [0.4, 0.5) is 0 Å². The van der Waals surface area contributed by atoms with E-state index in [0.29, 0.717) is 6.04 Å². The molecule has 0 unspecified atom stereocenters. The summed E-state index contributed by atoms with van der Waals surface area (Å²) in [6, 6.07) is 10.8. The number of amides is 1. The van der Waals surface area contributed by atoms with Crippen molar-refractivity contribution in [3.8, 4) is 0 Å². The zero-order valence-electron chi connectivity index (χ0n) is 15.4. The van der Waals surface area contributed by atoms with Gasteiger partial charge in [-0.1, -0.05) is 55.3 Å². The van der Waals surface area contributed by atoms with E-state index < -0.39 is 0 Å². The molecular weight excluding hydrogens is 310 g/mol. The molecule has 3 rings (SSSR count). The lowest BCUT2D eigenvalue weighted by molar-refractivity contribution is -0.127. The molecule has 1 N–H and O–H groups in total. The Kier molecular flexibility index (Phi) is 6.65. The number of hydrogen-bond donors (Lipinski definition) is 1. The first-order chi connectivity index (χ1) is 12.2. The summed E-state index contributed by atoms with van der Waals surface area (Å²) < 4.78 is 0. The number of nitrogens with one attached hydrogen (secondary N) is 1. The largest absolute Gasteiger partial charge is 0.352 e. The summed E-state index contributed by atoms with van der Waals surface area (Å²) in [6.45, 7) is 7.03. The molecule has 1 amide bonds. The maximum absolute atomic E-state index is 12.4. The third-order valence-corrected chi connectivity index (χ3v) is 5.51. The van der Waals surface area contributed by atoms with Crippen LogP contribution in [0, 0.1) is 0 Å². The van der Waals surface area contributed by atoms with Gasteiger partial charge in [-0.3, -0.25) is 14.6 Å². The van der Waals surface area contributed by atoms with E-state index in [2.05, 4.69) is 58.5 Å². The van der Waals surface area contributed by atoms with Crippen molar-refractivity contribution in [2.24, 2.45) is 0 Å². The smallest absolute Gasteiger partial charge is 0.237 e. The zero-order valence-corrected chi connectivity index (χ0v) is 15.4. The normalized spacial score (nSPS) is 21.6. The van der Waals surface area contributed by atoms with Crippen LogP contribution < -0.4 is 5.32 Å². The van der Waals surface area contributed by atoms with Crippen LogP contribution in [0.15, 0.2) is 36.4 Å². The molecule has 4 heteroatoms. The van der Waals surface area contributed by atoms with E-state index in [9.17, 15) is 4.79 Å². The van der Waals surface area contributed by atoms with Crippen molar-refractivity contribution >= 4 is 12.0 Å². The molecule has 1 aromatic carbocycles. The Morgan fingerprint density at radius 2 is 1.84 bits per heavy atom. The van der Waals surface area contributed by atoms with Gasteiger partial charge in [0.1, 0.15) is 0 Å². The fourth-order valence-electron chi connectivity index (χ4n) is 3.79. The molecule has 0 bridgehead atoms. The fraction of sp³-hybridized carbons (Fsp3) is 0.571. The van der Waals surface area contributed by atoms with Gasteiger partial charge in [0, 0.05) is 38.8 Å². The van der Waals surface area contributed by atoms with Crippen LogP contribution in [0.25, 0.3) is 6.08 Å². The van der Waals surface area contributed by atoms with E-state index in [1.54, 1.807) is 0 Å². The quantitative estimate of drug-likeness (QED) is 0.864. The molecule has 2 aliphatic rings. The molecule has 4 nitrogen and oxygen atoms in total. The Hall–Kier alpha value is -1.65. The maximum Gasteiger partial charge on any atom is 0.237 e. The van der Waals surface area contributed by atoms with Crippen molar-refractivity contribution in [2.75, 3.05) is 32.7 Å². The van der Waals surface area contributed by atoms with Gasteiger partial charge < -0.3 is 5.32 Å². The Bertz CT molecular complexity index is 558. The first kappa shape index (κ1) is 18.2. The molecule has 2 fully saturated rings. The number of carbonyl (C=O) groups is 1. The van der Waals surface area contributed by atoms with Crippen LogP contribution in [0.3, 0.4) is 0 Å². The predicted octanol–water partition coefficient (Wildman–Crippen LogP) is 2.76. The van der Waals surface area contributed by atoms with E-state index in [-0.39, 0.29) is 11.9 Å². The fourth-order valence-corrected chi connectivity index (χ4v) is 3.79. The molecule has 0 aromatic heterocycles. The average molecular weight is 341 g/mol. The van der Waals surface area contributed by atoms with Crippen molar-refractivity contribution in [3.63, 3.8) is 0 Å². The maximum atomic E-state index is 12.4. The summed E-state index contributed by atoms with van der Waals surface area (Å²) in [5.41, 5.74) is 1.25. The molecule has 1 saturated heterocycles. The highest BCUT2D eigenvalue weighted by molar-refractivity contribution is 5.81. The summed E-state index contributed by atoms with van der Waals surface area (Å²) >= 11 is 0. The molecule has 25 heavy (non-hydrogen) atoms. The molecule has 1 saturated carbocycles. The van der Waals surface area contributed by atoms with E-state index in [1.807, 2.05) is 6.07 Å². The van der Waals surface area contributed by atoms with Gasteiger partial charge in [0.05, 0.1) is 6.04 Å². The standard InChI is InChI=1S/C21H31N3O/c1-18(21(25)22-20-11-5-6-12-20)24-16-14-23(15-17-24)13-7-10-19-8-3-2-4-9-19/h2-4,7-10,18,20H,5-6,11-17H2,1H3,(H,22,25)/b10-7+/t18-/m1/s1. The second-order valence-electron chi connectivity index (χ2n) is 7.32. The summed E-state index contributed by atoms with van der Waals surface area (Å²) in [6.07, 6.45) is 9.24. The van der Waals surface area contributed by atoms with E-state index in [1.165, 1.54) is 18.4 Å².